The van der Waals surface area contributed by atoms with Crippen LogP contribution in [0.5, 0.6) is 11.5 Å². The highest BCUT2D eigenvalue weighted by molar-refractivity contribution is 6.09. The molecule has 2 aliphatic heterocycles. The first-order chi connectivity index (χ1) is 9.33. The van der Waals surface area contributed by atoms with Gasteiger partial charge in [-0.05, 0) is 6.07 Å². The molecule has 5 heteroatoms. The summed E-state index contributed by atoms with van der Waals surface area (Å²) in [7, 11) is 0. The summed E-state index contributed by atoms with van der Waals surface area (Å²) in [4.78, 5) is 15.1. The van der Waals surface area contributed by atoms with Crippen molar-refractivity contribution in [2.75, 3.05) is 25.1 Å². The standard InChI is InChI=1S/C14H12N2O3/c17-11-1-2-15-14-8-5-12-13(19-4-3-18-12)6-10(8)16-7-9(11)14/h5-7,15H,1-4H2/p+1. The smallest absolute Gasteiger partial charge is 0.216 e. The molecule has 19 heavy (non-hydrogen) atoms. The van der Waals surface area contributed by atoms with E-state index in [0.29, 0.717) is 26.2 Å². The molecule has 0 aliphatic carbocycles. The summed E-state index contributed by atoms with van der Waals surface area (Å²) >= 11 is 0. The number of aromatic nitrogens is 1. The van der Waals surface area contributed by atoms with E-state index in [2.05, 4.69) is 10.3 Å². The Balaban J connectivity index is 2.00. The van der Waals surface area contributed by atoms with Gasteiger partial charge >= 0.3 is 0 Å². The quantitative estimate of drug-likeness (QED) is 0.775. The van der Waals surface area contributed by atoms with Crippen molar-refractivity contribution in [2.45, 2.75) is 6.42 Å². The molecule has 0 saturated heterocycles. The zero-order valence-corrected chi connectivity index (χ0v) is 10.3. The number of carbonyl (C=O) groups excluding carboxylic acids is 1. The molecule has 5 nitrogen and oxygen atoms in total. The molecule has 0 bridgehead atoms. The summed E-state index contributed by atoms with van der Waals surface area (Å²) in [5, 5.41) is 4.27. The van der Waals surface area contributed by atoms with Crippen molar-refractivity contribution < 1.29 is 19.3 Å². The minimum absolute atomic E-state index is 0.168. The van der Waals surface area contributed by atoms with Crippen LogP contribution in [-0.2, 0) is 0 Å². The van der Waals surface area contributed by atoms with Crippen molar-refractivity contribution >= 4 is 22.4 Å². The number of fused-ring (bicyclic) bond motifs is 4. The normalized spacial score (nSPS) is 16.9. The summed E-state index contributed by atoms with van der Waals surface area (Å²) in [6.07, 6.45) is 2.30. The Bertz CT molecular complexity index is 697. The van der Waals surface area contributed by atoms with Gasteiger partial charge in [0.1, 0.15) is 18.8 Å². The third kappa shape index (κ3) is 1.54. The maximum Gasteiger partial charge on any atom is 0.216 e. The highest BCUT2D eigenvalue weighted by Crippen LogP contribution is 2.37. The van der Waals surface area contributed by atoms with E-state index in [0.717, 1.165) is 33.7 Å². The van der Waals surface area contributed by atoms with Gasteiger partial charge in [-0.3, -0.25) is 4.79 Å². The number of aromatic amines is 1. The summed E-state index contributed by atoms with van der Waals surface area (Å²) in [6.45, 7) is 1.81. The lowest BCUT2D eigenvalue weighted by atomic mass is 10.0. The fourth-order valence-electron chi connectivity index (χ4n) is 2.63. The molecule has 3 heterocycles. The number of hydrogen-bond donors (Lipinski definition) is 1. The van der Waals surface area contributed by atoms with Crippen molar-refractivity contribution in [3.63, 3.8) is 0 Å². The van der Waals surface area contributed by atoms with E-state index < -0.39 is 0 Å². The van der Waals surface area contributed by atoms with Gasteiger partial charge in [0, 0.05) is 13.0 Å². The van der Waals surface area contributed by atoms with E-state index in [9.17, 15) is 4.79 Å². The second-order valence-electron chi connectivity index (χ2n) is 4.72. The van der Waals surface area contributed by atoms with E-state index in [1.807, 2.05) is 12.1 Å². The molecular formula is C14H13N2O3+. The van der Waals surface area contributed by atoms with Crippen LogP contribution in [0.25, 0.3) is 10.9 Å². The van der Waals surface area contributed by atoms with Gasteiger partial charge < -0.3 is 14.8 Å². The first-order valence-corrected chi connectivity index (χ1v) is 6.38. The monoisotopic (exact) mass is 257 g/mol. The van der Waals surface area contributed by atoms with Gasteiger partial charge in [-0.2, -0.15) is 0 Å². The van der Waals surface area contributed by atoms with Crippen LogP contribution in [0.15, 0.2) is 18.3 Å². The number of hydrogen-bond acceptors (Lipinski definition) is 4. The minimum Gasteiger partial charge on any atom is -0.486 e. The molecule has 2 aromatic rings. The number of carbonyl (C=O) groups is 1. The summed E-state index contributed by atoms with van der Waals surface area (Å²) < 4.78 is 11.2. The first kappa shape index (κ1) is 10.6. The lowest BCUT2D eigenvalue weighted by Crippen LogP contribution is -2.22. The van der Waals surface area contributed by atoms with Crippen LogP contribution in [0.1, 0.15) is 16.8 Å². The molecule has 1 aromatic carbocycles. The van der Waals surface area contributed by atoms with Gasteiger partial charge in [-0.15, -0.1) is 0 Å². The summed E-state index contributed by atoms with van der Waals surface area (Å²) in [6, 6.07) is 3.86. The summed E-state index contributed by atoms with van der Waals surface area (Å²) in [5.74, 6) is 1.65. The number of ether oxygens (including phenoxy) is 2. The van der Waals surface area contributed by atoms with Crippen LogP contribution in [0.4, 0.5) is 5.69 Å². The number of Topliss-reactive ketones (excluding diaryl/α,β-unsaturated/α-hetero) is 1. The largest absolute Gasteiger partial charge is 0.486 e. The van der Waals surface area contributed by atoms with Gasteiger partial charge in [0.15, 0.2) is 23.5 Å². The number of nitrogens with one attached hydrogen (secondary N) is 2. The predicted molar refractivity (Wildman–Crippen MR) is 68.9 cm³/mol. The van der Waals surface area contributed by atoms with Gasteiger partial charge in [-0.1, -0.05) is 0 Å². The molecule has 96 valence electrons. The molecule has 0 spiro atoms. The maximum atomic E-state index is 11.9. The average molecular weight is 257 g/mol. The number of benzene rings is 1. The topological polar surface area (TPSA) is 61.7 Å². The van der Waals surface area contributed by atoms with Crippen LogP contribution in [0.2, 0.25) is 0 Å². The van der Waals surface area contributed by atoms with Gasteiger partial charge in [-0.25, -0.2) is 4.98 Å². The van der Waals surface area contributed by atoms with Crippen molar-refractivity contribution in [1.29, 1.82) is 0 Å². The van der Waals surface area contributed by atoms with Gasteiger partial charge in [0.05, 0.1) is 17.1 Å². The Labute approximate surface area is 109 Å². The van der Waals surface area contributed by atoms with E-state index in [1.165, 1.54) is 0 Å². The average Bonchev–Trinajstić information content (AvgIpc) is 2.45. The molecule has 1 aromatic heterocycles. The number of ketones is 1. The van der Waals surface area contributed by atoms with Gasteiger partial charge in [0.2, 0.25) is 5.52 Å². The molecule has 4 rings (SSSR count). The van der Waals surface area contributed by atoms with Crippen LogP contribution in [0.3, 0.4) is 0 Å². The Morgan fingerprint density at radius 3 is 2.79 bits per heavy atom. The van der Waals surface area contributed by atoms with Crippen molar-refractivity contribution in [2.24, 2.45) is 0 Å². The van der Waals surface area contributed by atoms with Gasteiger partial charge in [0.25, 0.3) is 0 Å². The third-order valence-electron chi connectivity index (χ3n) is 3.55. The number of rotatable bonds is 0. The highest BCUT2D eigenvalue weighted by atomic mass is 16.6. The van der Waals surface area contributed by atoms with E-state index in [1.54, 1.807) is 6.20 Å². The molecule has 0 atom stereocenters. The Morgan fingerprint density at radius 1 is 1.16 bits per heavy atom. The van der Waals surface area contributed by atoms with Crippen molar-refractivity contribution in [3.05, 3.63) is 23.9 Å². The Hall–Kier alpha value is -2.30. The molecule has 2 aliphatic rings. The van der Waals surface area contributed by atoms with E-state index >= 15 is 0 Å². The first-order valence-electron chi connectivity index (χ1n) is 6.38. The molecular weight excluding hydrogens is 244 g/mol. The molecule has 0 saturated carbocycles. The van der Waals surface area contributed by atoms with Crippen LogP contribution in [0, 0.1) is 0 Å². The fourth-order valence-corrected chi connectivity index (χ4v) is 2.63. The number of pyridine rings is 1. The number of H-pyrrole nitrogens is 1. The highest BCUT2D eigenvalue weighted by Gasteiger charge is 2.24. The molecule has 0 radical (unpaired) electrons. The second kappa shape index (κ2) is 3.85. The van der Waals surface area contributed by atoms with E-state index in [-0.39, 0.29) is 5.78 Å². The van der Waals surface area contributed by atoms with Crippen molar-refractivity contribution in [3.8, 4) is 11.5 Å². The van der Waals surface area contributed by atoms with Crippen LogP contribution < -0.4 is 19.8 Å². The Morgan fingerprint density at radius 2 is 1.95 bits per heavy atom. The zero-order chi connectivity index (χ0) is 12.8. The van der Waals surface area contributed by atoms with Crippen LogP contribution in [-0.4, -0.2) is 25.5 Å². The molecule has 0 fully saturated rings. The SMILES string of the molecule is O=C1CCNc2c1c[nH+]c1cc3c(cc21)OCCO3. The molecule has 0 amide bonds. The summed E-state index contributed by atoms with van der Waals surface area (Å²) in [5.41, 5.74) is 2.54. The van der Waals surface area contributed by atoms with E-state index in [4.69, 9.17) is 9.47 Å². The lowest BCUT2D eigenvalue weighted by Gasteiger charge is -2.20. The molecule has 2 N–H and O–H groups in total. The lowest BCUT2D eigenvalue weighted by molar-refractivity contribution is -0.344. The number of anilines is 1. The van der Waals surface area contributed by atoms with Crippen LogP contribution >= 0.6 is 0 Å². The minimum atomic E-state index is 0.168. The third-order valence-corrected chi connectivity index (χ3v) is 3.55. The fraction of sp³-hybridized carbons (Fsp3) is 0.286. The van der Waals surface area contributed by atoms with Crippen molar-refractivity contribution in [1.82, 2.24) is 0 Å². The molecule has 0 unspecified atom stereocenters. The second-order valence-corrected chi connectivity index (χ2v) is 4.72. The predicted octanol–water partition coefficient (Wildman–Crippen LogP) is 1.42. The Kier molecular flexibility index (Phi) is 2.15. The maximum absolute atomic E-state index is 11.9. The zero-order valence-electron chi connectivity index (χ0n) is 10.3.